The van der Waals surface area contributed by atoms with Gasteiger partial charge >= 0.3 is 0 Å². The third-order valence-electron chi connectivity index (χ3n) is 6.09. The van der Waals surface area contributed by atoms with Crippen molar-refractivity contribution >= 4 is 29.2 Å². The largest absolute Gasteiger partial charge is 0.392 e. The van der Waals surface area contributed by atoms with Crippen molar-refractivity contribution in [2.45, 2.75) is 19.4 Å². The number of rotatable bonds is 9. The highest BCUT2D eigenvalue weighted by Crippen LogP contribution is 2.19. The standard InChI is InChI=1S/C27H31N9O/c1-20(37)16-28-23-7-9-24(10-8-23)33-25-31-19-32-27(34-25)36-13-11-35(12-14-36)26-29-17-22(18-30-26)15-21-5-3-2-4-6-21/h2-10,17-20,28,37H,11-16H2,1H3,(H,31,32,33,34)/t20-/m1/s1. The first-order valence-electron chi connectivity index (χ1n) is 12.5. The van der Waals surface area contributed by atoms with Gasteiger partial charge in [0.15, 0.2) is 0 Å². The topological polar surface area (TPSA) is 115 Å². The first kappa shape index (κ1) is 24.4. The maximum absolute atomic E-state index is 9.41. The van der Waals surface area contributed by atoms with E-state index in [2.05, 4.69) is 57.5 Å². The molecule has 3 N–H and O–H groups in total. The highest BCUT2D eigenvalue weighted by atomic mass is 16.3. The van der Waals surface area contributed by atoms with Gasteiger partial charge in [0.05, 0.1) is 6.10 Å². The van der Waals surface area contributed by atoms with Crippen molar-refractivity contribution in [1.29, 1.82) is 0 Å². The van der Waals surface area contributed by atoms with E-state index in [1.165, 1.54) is 11.9 Å². The lowest BCUT2D eigenvalue weighted by Crippen LogP contribution is -2.47. The Labute approximate surface area is 216 Å². The van der Waals surface area contributed by atoms with E-state index in [0.717, 1.165) is 55.5 Å². The van der Waals surface area contributed by atoms with Crippen LogP contribution >= 0.6 is 0 Å². The molecule has 2 aromatic carbocycles. The molecule has 1 aliphatic rings. The fraction of sp³-hybridized carbons (Fsp3) is 0.296. The molecular weight excluding hydrogens is 466 g/mol. The molecule has 190 valence electrons. The molecule has 1 fully saturated rings. The van der Waals surface area contributed by atoms with E-state index < -0.39 is 6.10 Å². The van der Waals surface area contributed by atoms with Gasteiger partial charge < -0.3 is 25.5 Å². The van der Waals surface area contributed by atoms with Gasteiger partial charge in [-0.05, 0) is 42.3 Å². The molecule has 5 rings (SSSR count). The summed E-state index contributed by atoms with van der Waals surface area (Å²) in [5.74, 6) is 1.89. The van der Waals surface area contributed by atoms with Crippen LogP contribution in [-0.2, 0) is 6.42 Å². The summed E-state index contributed by atoms with van der Waals surface area (Å²) in [5, 5.41) is 15.8. The summed E-state index contributed by atoms with van der Waals surface area (Å²) in [7, 11) is 0. The Morgan fingerprint density at radius 2 is 1.43 bits per heavy atom. The Morgan fingerprint density at radius 3 is 2.11 bits per heavy atom. The molecule has 10 nitrogen and oxygen atoms in total. The van der Waals surface area contributed by atoms with Gasteiger partial charge in [-0.1, -0.05) is 30.3 Å². The minimum Gasteiger partial charge on any atom is -0.392 e. The van der Waals surface area contributed by atoms with Crippen molar-refractivity contribution in [3.05, 3.63) is 84.4 Å². The van der Waals surface area contributed by atoms with Crippen LogP contribution in [0.4, 0.5) is 29.2 Å². The highest BCUT2D eigenvalue weighted by molar-refractivity contribution is 5.59. The smallest absolute Gasteiger partial charge is 0.231 e. The Hall–Kier alpha value is -4.31. The molecule has 1 saturated heterocycles. The molecule has 2 aromatic heterocycles. The first-order chi connectivity index (χ1) is 18.1. The lowest BCUT2D eigenvalue weighted by molar-refractivity contribution is 0.208. The van der Waals surface area contributed by atoms with Gasteiger partial charge in [-0.25, -0.2) is 19.9 Å². The number of aromatic nitrogens is 5. The Bertz CT molecular complexity index is 1260. The second kappa shape index (κ2) is 11.6. The third kappa shape index (κ3) is 6.68. The first-order valence-corrected chi connectivity index (χ1v) is 12.5. The van der Waals surface area contributed by atoms with E-state index in [9.17, 15) is 5.11 Å². The van der Waals surface area contributed by atoms with Crippen molar-refractivity contribution in [3.63, 3.8) is 0 Å². The second-order valence-corrected chi connectivity index (χ2v) is 9.07. The molecule has 0 spiro atoms. The Kier molecular flexibility index (Phi) is 7.66. The zero-order chi connectivity index (χ0) is 25.5. The van der Waals surface area contributed by atoms with Gasteiger partial charge in [-0.2, -0.15) is 4.98 Å². The number of hydrogen-bond acceptors (Lipinski definition) is 10. The SMILES string of the molecule is C[C@@H](O)CNc1ccc(Nc2ncnc(N3CCN(c4ncc(Cc5ccccc5)cn4)CC3)n2)cc1. The van der Waals surface area contributed by atoms with Crippen LogP contribution in [0.1, 0.15) is 18.1 Å². The van der Waals surface area contributed by atoms with Gasteiger partial charge in [0.2, 0.25) is 17.8 Å². The minimum atomic E-state index is -0.402. The number of benzene rings is 2. The number of nitrogens with one attached hydrogen (secondary N) is 2. The molecule has 1 atom stereocenters. The van der Waals surface area contributed by atoms with Crippen molar-refractivity contribution in [2.75, 3.05) is 53.2 Å². The normalized spacial score (nSPS) is 14.3. The number of hydrogen-bond donors (Lipinski definition) is 3. The summed E-state index contributed by atoms with van der Waals surface area (Å²) in [6, 6.07) is 18.1. The maximum Gasteiger partial charge on any atom is 0.231 e. The van der Waals surface area contributed by atoms with Crippen LogP contribution in [0.5, 0.6) is 0 Å². The number of anilines is 5. The van der Waals surface area contributed by atoms with E-state index in [4.69, 9.17) is 0 Å². The molecule has 1 aliphatic heterocycles. The van der Waals surface area contributed by atoms with E-state index in [1.54, 1.807) is 6.92 Å². The van der Waals surface area contributed by atoms with Gasteiger partial charge in [-0.15, -0.1) is 0 Å². The maximum atomic E-state index is 9.41. The number of aliphatic hydroxyl groups is 1. The Morgan fingerprint density at radius 1 is 0.784 bits per heavy atom. The summed E-state index contributed by atoms with van der Waals surface area (Å²) in [4.78, 5) is 26.8. The van der Waals surface area contributed by atoms with Gasteiger partial charge in [0.1, 0.15) is 6.33 Å². The van der Waals surface area contributed by atoms with Crippen LogP contribution in [-0.4, -0.2) is 68.9 Å². The van der Waals surface area contributed by atoms with Crippen molar-refractivity contribution in [2.24, 2.45) is 0 Å². The molecule has 0 bridgehead atoms. The number of piperazine rings is 1. The van der Waals surface area contributed by atoms with Gasteiger partial charge in [0.25, 0.3) is 0 Å². The van der Waals surface area contributed by atoms with Crippen molar-refractivity contribution in [1.82, 2.24) is 24.9 Å². The van der Waals surface area contributed by atoms with Crippen LogP contribution in [0, 0.1) is 0 Å². The highest BCUT2D eigenvalue weighted by Gasteiger charge is 2.21. The van der Waals surface area contributed by atoms with E-state index in [1.807, 2.05) is 54.9 Å². The lowest BCUT2D eigenvalue weighted by Gasteiger charge is -2.34. The van der Waals surface area contributed by atoms with Crippen LogP contribution in [0.25, 0.3) is 0 Å². The molecule has 0 aliphatic carbocycles. The summed E-state index contributed by atoms with van der Waals surface area (Å²) in [6.07, 6.45) is 5.79. The monoisotopic (exact) mass is 497 g/mol. The zero-order valence-corrected chi connectivity index (χ0v) is 20.8. The summed E-state index contributed by atoms with van der Waals surface area (Å²) >= 11 is 0. The predicted octanol–water partition coefficient (Wildman–Crippen LogP) is 3.12. The molecule has 4 aromatic rings. The molecule has 0 saturated carbocycles. The van der Waals surface area contributed by atoms with Crippen molar-refractivity contribution < 1.29 is 5.11 Å². The average molecular weight is 498 g/mol. The van der Waals surface area contributed by atoms with Crippen LogP contribution in [0.15, 0.2) is 73.3 Å². The summed E-state index contributed by atoms with van der Waals surface area (Å²) in [5.41, 5.74) is 4.16. The Balaban J connectivity index is 1.14. The fourth-order valence-electron chi connectivity index (χ4n) is 4.11. The van der Waals surface area contributed by atoms with Crippen LogP contribution < -0.4 is 20.4 Å². The average Bonchev–Trinajstić information content (AvgIpc) is 2.94. The molecule has 10 heteroatoms. The van der Waals surface area contributed by atoms with E-state index >= 15 is 0 Å². The number of nitrogens with zero attached hydrogens (tertiary/aromatic N) is 7. The molecular formula is C27H31N9O. The molecule has 3 heterocycles. The van der Waals surface area contributed by atoms with E-state index in [-0.39, 0.29) is 0 Å². The summed E-state index contributed by atoms with van der Waals surface area (Å²) < 4.78 is 0. The van der Waals surface area contributed by atoms with Gasteiger partial charge in [-0.3, -0.25) is 0 Å². The van der Waals surface area contributed by atoms with Crippen LogP contribution in [0.2, 0.25) is 0 Å². The molecule has 0 radical (unpaired) electrons. The molecule has 0 amide bonds. The van der Waals surface area contributed by atoms with Crippen LogP contribution in [0.3, 0.4) is 0 Å². The molecule has 37 heavy (non-hydrogen) atoms. The quantitative estimate of drug-likeness (QED) is 0.319. The van der Waals surface area contributed by atoms with Crippen molar-refractivity contribution in [3.8, 4) is 0 Å². The molecule has 0 unspecified atom stereocenters. The van der Waals surface area contributed by atoms with E-state index in [0.29, 0.717) is 18.4 Å². The minimum absolute atomic E-state index is 0.402. The second-order valence-electron chi connectivity index (χ2n) is 9.07. The number of aliphatic hydroxyl groups excluding tert-OH is 1. The third-order valence-corrected chi connectivity index (χ3v) is 6.09. The zero-order valence-electron chi connectivity index (χ0n) is 20.8. The summed E-state index contributed by atoms with van der Waals surface area (Å²) in [6.45, 7) is 5.35. The van der Waals surface area contributed by atoms with Gasteiger partial charge in [0, 0.05) is 62.9 Å². The lowest BCUT2D eigenvalue weighted by atomic mass is 10.1. The predicted molar refractivity (Wildman–Crippen MR) is 145 cm³/mol. The fourth-order valence-corrected chi connectivity index (χ4v) is 4.11.